The maximum Gasteiger partial charge on any atom is 0.0544 e. The summed E-state index contributed by atoms with van der Waals surface area (Å²) in [5, 5.41) is 4.78. The molecule has 18 heavy (non-hydrogen) atoms. The molecule has 0 aromatic heterocycles. The van der Waals surface area contributed by atoms with Crippen molar-refractivity contribution in [3.63, 3.8) is 0 Å². The van der Waals surface area contributed by atoms with Gasteiger partial charge in [0.15, 0.2) is 0 Å². The second-order valence-electron chi connectivity index (χ2n) is 4.83. The van der Waals surface area contributed by atoms with E-state index < -0.39 is 0 Å². The first-order valence-corrected chi connectivity index (χ1v) is 6.75. The van der Waals surface area contributed by atoms with Crippen LogP contribution in [0.4, 0.5) is 5.69 Å². The Bertz CT molecular complexity index is 708. The number of benzene rings is 3. The van der Waals surface area contributed by atoms with Gasteiger partial charge in [0.25, 0.3) is 0 Å². The number of anilines is 1. The highest BCUT2D eigenvalue weighted by atomic mass is 79.9. The molecule has 0 unspecified atom stereocenters. The summed E-state index contributed by atoms with van der Waals surface area (Å²) in [5.74, 6) is 0. The summed E-state index contributed by atoms with van der Waals surface area (Å²) < 4.78 is 0.994. The first-order chi connectivity index (χ1) is 8.58. The second-order valence-corrected chi connectivity index (χ2v) is 5.62. The monoisotopic (exact) mass is 299 g/mol. The van der Waals surface area contributed by atoms with E-state index in [0.29, 0.717) is 0 Å². The van der Waals surface area contributed by atoms with Crippen LogP contribution in [0.25, 0.3) is 21.5 Å². The number of nitrogens with two attached hydrogens (primary N) is 1. The maximum atomic E-state index is 6.23. The van der Waals surface area contributed by atoms with E-state index in [1.807, 2.05) is 0 Å². The van der Waals surface area contributed by atoms with Crippen molar-refractivity contribution >= 4 is 43.2 Å². The molecule has 0 aliphatic carbocycles. The molecule has 0 atom stereocenters. The van der Waals surface area contributed by atoms with Crippen LogP contribution in [-0.4, -0.2) is 0 Å². The van der Waals surface area contributed by atoms with Gasteiger partial charge in [0.1, 0.15) is 0 Å². The van der Waals surface area contributed by atoms with Crippen LogP contribution in [0.15, 0.2) is 40.9 Å². The Balaban J connectivity index is 2.64. The number of aryl methyl sites for hydroxylation is 2. The summed E-state index contributed by atoms with van der Waals surface area (Å²) >= 11 is 3.62. The van der Waals surface area contributed by atoms with E-state index in [-0.39, 0.29) is 0 Å². The van der Waals surface area contributed by atoms with Gasteiger partial charge in [0.05, 0.1) is 5.69 Å². The first-order valence-electron chi connectivity index (χ1n) is 5.95. The molecule has 3 aromatic carbocycles. The van der Waals surface area contributed by atoms with E-state index in [1.165, 1.54) is 27.3 Å². The van der Waals surface area contributed by atoms with Crippen molar-refractivity contribution < 1.29 is 0 Å². The topological polar surface area (TPSA) is 26.0 Å². The Hall–Kier alpha value is -1.54. The molecular formula is C16H14BrN. The van der Waals surface area contributed by atoms with Crippen molar-refractivity contribution in [1.29, 1.82) is 0 Å². The van der Waals surface area contributed by atoms with E-state index in [9.17, 15) is 0 Å². The van der Waals surface area contributed by atoms with Crippen molar-refractivity contribution in [2.75, 3.05) is 5.73 Å². The summed E-state index contributed by atoms with van der Waals surface area (Å²) in [5.41, 5.74) is 9.57. The molecule has 0 amide bonds. The third-order valence-corrected chi connectivity index (χ3v) is 4.26. The van der Waals surface area contributed by atoms with Crippen LogP contribution in [0.3, 0.4) is 0 Å². The largest absolute Gasteiger partial charge is 0.397 e. The Labute approximate surface area is 115 Å². The molecule has 0 bridgehead atoms. The van der Waals surface area contributed by atoms with Crippen molar-refractivity contribution in [3.05, 3.63) is 52.0 Å². The zero-order valence-electron chi connectivity index (χ0n) is 10.4. The number of fused-ring (bicyclic) bond motifs is 3. The van der Waals surface area contributed by atoms with Crippen LogP contribution in [0, 0.1) is 13.8 Å². The van der Waals surface area contributed by atoms with Crippen LogP contribution in [0.2, 0.25) is 0 Å². The van der Waals surface area contributed by atoms with Gasteiger partial charge < -0.3 is 5.73 Å². The minimum absolute atomic E-state index is 0.821. The molecule has 0 aliphatic rings. The van der Waals surface area contributed by atoms with Crippen LogP contribution >= 0.6 is 15.9 Å². The van der Waals surface area contributed by atoms with E-state index in [4.69, 9.17) is 5.73 Å². The van der Waals surface area contributed by atoms with Crippen molar-refractivity contribution in [2.45, 2.75) is 13.8 Å². The SMILES string of the molecule is Cc1ccc2c(N)c(Br)c3ccc(C)cc3c2c1. The Morgan fingerprint density at radius 3 is 1.89 bits per heavy atom. The number of hydrogen-bond acceptors (Lipinski definition) is 1. The molecule has 0 radical (unpaired) electrons. The van der Waals surface area contributed by atoms with E-state index >= 15 is 0 Å². The summed E-state index contributed by atoms with van der Waals surface area (Å²) in [4.78, 5) is 0. The highest BCUT2D eigenvalue weighted by Crippen LogP contribution is 2.38. The van der Waals surface area contributed by atoms with Gasteiger partial charge in [-0.25, -0.2) is 0 Å². The number of nitrogen functional groups attached to an aromatic ring is 1. The lowest BCUT2D eigenvalue weighted by Crippen LogP contribution is -1.92. The van der Waals surface area contributed by atoms with Gasteiger partial charge in [-0.05, 0) is 45.9 Å². The maximum absolute atomic E-state index is 6.23. The predicted octanol–water partition coefficient (Wildman–Crippen LogP) is 4.95. The van der Waals surface area contributed by atoms with Gasteiger partial charge in [-0.1, -0.05) is 47.5 Å². The summed E-state index contributed by atoms with van der Waals surface area (Å²) in [6, 6.07) is 12.9. The molecule has 1 nitrogen and oxygen atoms in total. The van der Waals surface area contributed by atoms with Gasteiger partial charge in [0, 0.05) is 9.86 Å². The average Bonchev–Trinajstić information content (AvgIpc) is 2.36. The molecule has 2 heteroatoms. The fourth-order valence-electron chi connectivity index (χ4n) is 2.45. The second kappa shape index (κ2) is 3.99. The zero-order chi connectivity index (χ0) is 12.9. The minimum atomic E-state index is 0.821. The van der Waals surface area contributed by atoms with Crippen LogP contribution in [-0.2, 0) is 0 Å². The number of rotatable bonds is 0. The minimum Gasteiger partial charge on any atom is -0.397 e. The molecule has 0 heterocycles. The van der Waals surface area contributed by atoms with Crippen LogP contribution in [0.1, 0.15) is 11.1 Å². The molecule has 0 saturated carbocycles. The van der Waals surface area contributed by atoms with Gasteiger partial charge >= 0.3 is 0 Å². The molecule has 0 fully saturated rings. The Kier molecular flexibility index (Phi) is 2.56. The Morgan fingerprint density at radius 2 is 1.28 bits per heavy atom. The highest BCUT2D eigenvalue weighted by Gasteiger charge is 2.10. The van der Waals surface area contributed by atoms with Crippen molar-refractivity contribution in [1.82, 2.24) is 0 Å². The van der Waals surface area contributed by atoms with Crippen molar-refractivity contribution in [3.8, 4) is 0 Å². The molecule has 90 valence electrons. The normalized spacial score (nSPS) is 11.3. The lowest BCUT2D eigenvalue weighted by atomic mass is 9.97. The van der Waals surface area contributed by atoms with Gasteiger partial charge in [-0.3, -0.25) is 0 Å². The third kappa shape index (κ3) is 1.60. The van der Waals surface area contributed by atoms with Gasteiger partial charge in [-0.15, -0.1) is 0 Å². The molecule has 3 rings (SSSR count). The fourth-order valence-corrected chi connectivity index (χ4v) is 3.01. The fraction of sp³-hybridized carbons (Fsp3) is 0.125. The van der Waals surface area contributed by atoms with Crippen LogP contribution in [0.5, 0.6) is 0 Å². The van der Waals surface area contributed by atoms with Crippen LogP contribution < -0.4 is 5.73 Å². The zero-order valence-corrected chi connectivity index (χ0v) is 12.0. The summed E-state index contributed by atoms with van der Waals surface area (Å²) in [6.45, 7) is 4.23. The van der Waals surface area contributed by atoms with E-state index in [2.05, 4.69) is 66.2 Å². The summed E-state index contributed by atoms with van der Waals surface area (Å²) in [6.07, 6.45) is 0. The smallest absolute Gasteiger partial charge is 0.0544 e. The highest BCUT2D eigenvalue weighted by molar-refractivity contribution is 9.10. The number of hydrogen-bond donors (Lipinski definition) is 1. The Morgan fingerprint density at radius 1 is 0.778 bits per heavy atom. The van der Waals surface area contributed by atoms with Gasteiger partial charge in [-0.2, -0.15) is 0 Å². The molecular weight excluding hydrogens is 286 g/mol. The number of halogens is 1. The molecule has 0 aliphatic heterocycles. The third-order valence-electron chi connectivity index (χ3n) is 3.40. The lowest BCUT2D eigenvalue weighted by Gasteiger charge is -2.12. The molecule has 2 N–H and O–H groups in total. The molecule has 3 aromatic rings. The summed E-state index contributed by atoms with van der Waals surface area (Å²) in [7, 11) is 0. The van der Waals surface area contributed by atoms with E-state index in [0.717, 1.165) is 15.5 Å². The predicted molar refractivity (Wildman–Crippen MR) is 83.0 cm³/mol. The average molecular weight is 300 g/mol. The standard InChI is InChI=1S/C16H14BrN/c1-9-3-5-11-13(7-9)14-8-10(2)4-6-12(14)16(18)15(11)17/h3-8H,18H2,1-2H3. The van der Waals surface area contributed by atoms with Gasteiger partial charge in [0.2, 0.25) is 0 Å². The lowest BCUT2D eigenvalue weighted by molar-refractivity contribution is 1.49. The first kappa shape index (κ1) is 11.5. The molecule has 0 spiro atoms. The quantitative estimate of drug-likeness (QED) is 0.461. The van der Waals surface area contributed by atoms with Crippen molar-refractivity contribution in [2.24, 2.45) is 0 Å². The van der Waals surface area contributed by atoms with E-state index in [1.54, 1.807) is 0 Å². The molecule has 0 saturated heterocycles.